The second-order valence-electron chi connectivity index (χ2n) is 6.35. The van der Waals surface area contributed by atoms with E-state index in [1.807, 2.05) is 30.3 Å². The summed E-state index contributed by atoms with van der Waals surface area (Å²) in [5.41, 5.74) is 10.8. The van der Waals surface area contributed by atoms with E-state index in [-0.39, 0.29) is 5.91 Å². The van der Waals surface area contributed by atoms with Gasteiger partial charge in [0.05, 0.1) is 20.4 Å². The first-order valence-corrected chi connectivity index (χ1v) is 9.22. The summed E-state index contributed by atoms with van der Waals surface area (Å²) in [6.45, 7) is 0.372. The van der Waals surface area contributed by atoms with Crippen LogP contribution in [-0.4, -0.2) is 26.3 Å². The molecule has 0 unspecified atom stereocenters. The quantitative estimate of drug-likeness (QED) is 0.339. The molecule has 0 heterocycles. The van der Waals surface area contributed by atoms with Crippen LogP contribution in [0.4, 0.5) is 5.69 Å². The van der Waals surface area contributed by atoms with Gasteiger partial charge in [0, 0.05) is 16.8 Å². The second-order valence-corrected chi connectivity index (χ2v) is 6.35. The minimum Gasteiger partial charge on any atom is -0.493 e. The molecular formula is C23H23N3O4. The first-order chi connectivity index (χ1) is 14.6. The summed E-state index contributed by atoms with van der Waals surface area (Å²) in [6, 6.07) is 19.9. The number of nitrogen functional groups attached to an aromatic ring is 1. The van der Waals surface area contributed by atoms with Crippen molar-refractivity contribution >= 4 is 17.8 Å². The number of carbonyl (C=O) groups excluding carboxylic acids is 1. The van der Waals surface area contributed by atoms with E-state index in [2.05, 4.69) is 10.5 Å². The van der Waals surface area contributed by atoms with Gasteiger partial charge in [-0.15, -0.1) is 0 Å². The Morgan fingerprint density at radius 2 is 1.70 bits per heavy atom. The number of ether oxygens (including phenoxy) is 3. The lowest BCUT2D eigenvalue weighted by atomic mass is 10.2. The van der Waals surface area contributed by atoms with Crippen molar-refractivity contribution in [1.82, 2.24) is 5.43 Å². The fourth-order valence-electron chi connectivity index (χ4n) is 2.76. The molecule has 3 rings (SSSR count). The molecule has 0 aliphatic carbocycles. The minimum absolute atomic E-state index is 0.361. The molecular weight excluding hydrogens is 382 g/mol. The first kappa shape index (κ1) is 20.7. The Labute approximate surface area is 175 Å². The minimum atomic E-state index is -0.361. The van der Waals surface area contributed by atoms with E-state index in [0.29, 0.717) is 40.7 Å². The Kier molecular flexibility index (Phi) is 6.89. The lowest BCUT2D eigenvalue weighted by Crippen LogP contribution is -2.17. The van der Waals surface area contributed by atoms with Crippen molar-refractivity contribution < 1.29 is 19.0 Å². The van der Waals surface area contributed by atoms with Gasteiger partial charge in [0.25, 0.3) is 5.91 Å². The van der Waals surface area contributed by atoms with Gasteiger partial charge in [-0.25, -0.2) is 5.43 Å². The summed E-state index contributed by atoms with van der Waals surface area (Å²) in [4.78, 5) is 12.2. The van der Waals surface area contributed by atoms with E-state index in [1.54, 1.807) is 50.6 Å². The normalized spacial score (nSPS) is 10.6. The molecule has 1 amide bonds. The number of hydrogen-bond donors (Lipinski definition) is 2. The van der Waals surface area contributed by atoms with Crippen LogP contribution in [0.15, 0.2) is 71.8 Å². The Hall–Kier alpha value is -4.00. The Morgan fingerprint density at radius 1 is 1.00 bits per heavy atom. The van der Waals surface area contributed by atoms with E-state index < -0.39 is 0 Å². The van der Waals surface area contributed by atoms with Gasteiger partial charge in [-0.05, 0) is 35.9 Å². The van der Waals surface area contributed by atoms with Gasteiger partial charge in [0.15, 0.2) is 11.5 Å². The van der Waals surface area contributed by atoms with Gasteiger partial charge in [-0.1, -0.05) is 36.4 Å². The molecule has 154 valence electrons. The maximum Gasteiger partial charge on any atom is 0.271 e. The van der Waals surface area contributed by atoms with Crippen LogP contribution >= 0.6 is 0 Å². The van der Waals surface area contributed by atoms with Crippen LogP contribution < -0.4 is 25.4 Å². The Morgan fingerprint density at radius 3 is 2.33 bits per heavy atom. The van der Waals surface area contributed by atoms with Crippen LogP contribution in [0, 0.1) is 0 Å². The summed E-state index contributed by atoms with van der Waals surface area (Å²) in [5.74, 6) is 1.12. The third kappa shape index (κ3) is 5.29. The highest BCUT2D eigenvalue weighted by molar-refractivity contribution is 5.95. The van der Waals surface area contributed by atoms with Gasteiger partial charge in [0.2, 0.25) is 5.75 Å². The second kappa shape index (κ2) is 9.97. The number of methoxy groups -OCH3 is 2. The van der Waals surface area contributed by atoms with Crippen molar-refractivity contribution in [3.8, 4) is 17.2 Å². The largest absolute Gasteiger partial charge is 0.493 e. The average Bonchev–Trinajstić information content (AvgIpc) is 2.78. The number of amides is 1. The number of nitrogens with one attached hydrogen (secondary N) is 1. The van der Waals surface area contributed by atoms with E-state index in [4.69, 9.17) is 19.9 Å². The highest BCUT2D eigenvalue weighted by Crippen LogP contribution is 2.38. The van der Waals surface area contributed by atoms with Gasteiger partial charge in [-0.2, -0.15) is 5.10 Å². The number of nitrogens with zero attached hydrogens (tertiary/aromatic N) is 1. The Bertz CT molecular complexity index is 1010. The van der Waals surface area contributed by atoms with Crippen molar-refractivity contribution in [2.45, 2.75) is 6.61 Å². The van der Waals surface area contributed by atoms with Crippen LogP contribution in [0.3, 0.4) is 0 Å². The lowest BCUT2D eigenvalue weighted by molar-refractivity contribution is 0.0955. The fourth-order valence-corrected chi connectivity index (χ4v) is 2.76. The monoisotopic (exact) mass is 405 g/mol. The fraction of sp³-hybridized carbons (Fsp3) is 0.130. The molecule has 30 heavy (non-hydrogen) atoms. The summed E-state index contributed by atoms with van der Waals surface area (Å²) in [6.07, 6.45) is 1.50. The molecule has 7 nitrogen and oxygen atoms in total. The van der Waals surface area contributed by atoms with E-state index in [9.17, 15) is 4.79 Å². The van der Waals surface area contributed by atoms with Crippen LogP contribution in [0.2, 0.25) is 0 Å². The molecule has 0 atom stereocenters. The molecule has 7 heteroatoms. The standard InChI is InChI=1S/C23H23N3O4/c1-28-20-11-17(14-25-26-23(27)18-9-6-10-19(24)13-18)12-21(29-2)22(20)30-15-16-7-4-3-5-8-16/h3-14H,15,24H2,1-2H3,(H,26,27)/b25-14-. The number of rotatable bonds is 8. The van der Waals surface area contributed by atoms with Crippen molar-refractivity contribution in [3.63, 3.8) is 0 Å². The number of carbonyl (C=O) groups is 1. The van der Waals surface area contributed by atoms with Crippen molar-refractivity contribution in [2.75, 3.05) is 20.0 Å². The first-order valence-electron chi connectivity index (χ1n) is 9.22. The zero-order valence-electron chi connectivity index (χ0n) is 16.8. The number of nitrogens with two attached hydrogens (primary N) is 1. The third-order valence-electron chi connectivity index (χ3n) is 4.24. The van der Waals surface area contributed by atoms with Crippen LogP contribution in [0.1, 0.15) is 21.5 Å². The summed E-state index contributed by atoms with van der Waals surface area (Å²) >= 11 is 0. The topological polar surface area (TPSA) is 95.2 Å². The summed E-state index contributed by atoms with van der Waals surface area (Å²) in [5, 5.41) is 4.00. The Balaban J connectivity index is 1.74. The number of benzene rings is 3. The zero-order valence-corrected chi connectivity index (χ0v) is 16.8. The molecule has 0 aliphatic heterocycles. The molecule has 0 bridgehead atoms. The molecule has 0 radical (unpaired) electrons. The molecule has 0 fully saturated rings. The van der Waals surface area contributed by atoms with E-state index in [1.165, 1.54) is 6.21 Å². The SMILES string of the molecule is COc1cc(/C=N\NC(=O)c2cccc(N)c2)cc(OC)c1OCc1ccccc1. The van der Waals surface area contributed by atoms with Gasteiger partial charge < -0.3 is 19.9 Å². The van der Waals surface area contributed by atoms with Crippen molar-refractivity contribution in [3.05, 3.63) is 83.4 Å². The summed E-state index contributed by atoms with van der Waals surface area (Å²) in [7, 11) is 3.10. The predicted octanol–water partition coefficient (Wildman–Crippen LogP) is 3.63. The summed E-state index contributed by atoms with van der Waals surface area (Å²) < 4.78 is 16.8. The smallest absolute Gasteiger partial charge is 0.271 e. The lowest BCUT2D eigenvalue weighted by Gasteiger charge is -2.15. The van der Waals surface area contributed by atoms with Crippen molar-refractivity contribution in [1.29, 1.82) is 0 Å². The molecule has 3 N–H and O–H groups in total. The molecule has 0 aliphatic rings. The van der Waals surface area contributed by atoms with Crippen molar-refractivity contribution in [2.24, 2.45) is 5.10 Å². The zero-order chi connectivity index (χ0) is 21.3. The molecule has 0 aromatic heterocycles. The van der Waals surface area contributed by atoms with Gasteiger partial charge >= 0.3 is 0 Å². The highest BCUT2D eigenvalue weighted by atomic mass is 16.5. The van der Waals surface area contributed by atoms with Crippen LogP contribution in [0.5, 0.6) is 17.2 Å². The van der Waals surface area contributed by atoms with Gasteiger partial charge in [0.1, 0.15) is 6.61 Å². The van der Waals surface area contributed by atoms with E-state index >= 15 is 0 Å². The van der Waals surface area contributed by atoms with Crippen LogP contribution in [-0.2, 0) is 6.61 Å². The molecule has 0 saturated carbocycles. The highest BCUT2D eigenvalue weighted by Gasteiger charge is 2.14. The number of hydrogen-bond acceptors (Lipinski definition) is 6. The molecule has 0 spiro atoms. The molecule has 0 saturated heterocycles. The van der Waals surface area contributed by atoms with Crippen LogP contribution in [0.25, 0.3) is 0 Å². The molecule has 3 aromatic carbocycles. The maximum atomic E-state index is 12.2. The molecule has 3 aromatic rings. The number of anilines is 1. The number of hydrazone groups is 1. The van der Waals surface area contributed by atoms with Gasteiger partial charge in [-0.3, -0.25) is 4.79 Å². The van der Waals surface area contributed by atoms with E-state index in [0.717, 1.165) is 5.56 Å². The average molecular weight is 405 g/mol. The third-order valence-corrected chi connectivity index (χ3v) is 4.24. The predicted molar refractivity (Wildman–Crippen MR) is 116 cm³/mol. The maximum absolute atomic E-state index is 12.2.